The lowest BCUT2D eigenvalue weighted by atomic mass is 10.1. The van der Waals surface area contributed by atoms with Crippen LogP contribution >= 0.6 is 0 Å². The molecule has 0 amide bonds. The zero-order chi connectivity index (χ0) is 16.9. The van der Waals surface area contributed by atoms with E-state index in [1.54, 1.807) is 6.92 Å². The van der Waals surface area contributed by atoms with Gasteiger partial charge in [0.15, 0.2) is 5.78 Å². The molecule has 0 radical (unpaired) electrons. The van der Waals surface area contributed by atoms with E-state index in [0.717, 1.165) is 0 Å². The van der Waals surface area contributed by atoms with Crippen molar-refractivity contribution in [1.82, 2.24) is 4.98 Å². The summed E-state index contributed by atoms with van der Waals surface area (Å²) in [5.74, 6) is -1.91. The molecular formula is C13H15F3N2O4. The maximum atomic E-state index is 12.7. The summed E-state index contributed by atoms with van der Waals surface area (Å²) in [7, 11) is 1.32. The molecule has 6 nitrogen and oxygen atoms in total. The van der Waals surface area contributed by atoms with Gasteiger partial charge in [-0.3, -0.25) is 14.4 Å². The number of alkyl halides is 3. The summed E-state index contributed by atoms with van der Waals surface area (Å²) in [4.78, 5) is 36.6. The van der Waals surface area contributed by atoms with Crippen molar-refractivity contribution in [3.63, 3.8) is 0 Å². The molecule has 1 aromatic heterocycles. The Balaban J connectivity index is 3.14. The van der Waals surface area contributed by atoms with Crippen LogP contribution in [0.3, 0.4) is 0 Å². The lowest BCUT2D eigenvalue weighted by molar-refractivity contribution is -0.142. The molecule has 0 fully saturated rings. The molecule has 0 saturated carbocycles. The van der Waals surface area contributed by atoms with E-state index in [2.05, 4.69) is 5.32 Å². The van der Waals surface area contributed by atoms with Crippen molar-refractivity contribution in [2.24, 2.45) is 0 Å². The molecule has 1 aromatic rings. The van der Waals surface area contributed by atoms with Crippen LogP contribution in [0.15, 0.2) is 10.9 Å². The number of carbonyl (C=O) groups is 2. The van der Waals surface area contributed by atoms with Gasteiger partial charge in [-0.1, -0.05) is 6.92 Å². The molecule has 22 heavy (non-hydrogen) atoms. The number of ketones is 1. The number of hydrogen-bond donors (Lipinski definition) is 2. The first-order chi connectivity index (χ1) is 10.2. The topological polar surface area (TPSA) is 88.3 Å². The van der Waals surface area contributed by atoms with Gasteiger partial charge < -0.3 is 15.0 Å². The molecule has 0 aliphatic carbocycles. The number of ether oxygens (including phenoxy) is 1. The summed E-state index contributed by atoms with van der Waals surface area (Å²) < 4.78 is 42.8. The van der Waals surface area contributed by atoms with Crippen LogP contribution in [0.2, 0.25) is 0 Å². The minimum absolute atomic E-state index is 0.115. The Morgan fingerprint density at radius 1 is 1.36 bits per heavy atom. The van der Waals surface area contributed by atoms with Gasteiger partial charge in [-0.05, 0) is 12.5 Å². The monoisotopic (exact) mass is 320 g/mol. The number of halogens is 3. The van der Waals surface area contributed by atoms with Crippen molar-refractivity contribution in [1.29, 1.82) is 0 Å². The summed E-state index contributed by atoms with van der Waals surface area (Å²) >= 11 is 0. The van der Waals surface area contributed by atoms with Gasteiger partial charge in [0.25, 0.3) is 5.56 Å². The Kier molecular flexibility index (Phi) is 5.72. The number of carbonyl (C=O) groups excluding carboxylic acids is 2. The Morgan fingerprint density at radius 2 is 2.00 bits per heavy atom. The van der Waals surface area contributed by atoms with Crippen LogP contribution in [0.5, 0.6) is 0 Å². The van der Waals surface area contributed by atoms with Gasteiger partial charge in [-0.15, -0.1) is 0 Å². The van der Waals surface area contributed by atoms with Gasteiger partial charge >= 0.3 is 12.1 Å². The Morgan fingerprint density at radius 3 is 2.50 bits per heavy atom. The second kappa shape index (κ2) is 7.10. The fourth-order valence-electron chi connectivity index (χ4n) is 1.65. The van der Waals surface area contributed by atoms with Crippen LogP contribution in [0.1, 0.15) is 35.7 Å². The first-order valence-electron chi connectivity index (χ1n) is 6.41. The maximum absolute atomic E-state index is 12.7. The third-order valence-corrected chi connectivity index (χ3v) is 2.67. The van der Waals surface area contributed by atoms with E-state index >= 15 is 0 Å². The number of hydrogen-bond acceptors (Lipinski definition) is 5. The highest BCUT2D eigenvalue weighted by Gasteiger charge is 2.35. The fraction of sp³-hybridized carbons (Fsp3) is 0.462. The van der Waals surface area contributed by atoms with E-state index in [-0.39, 0.29) is 12.4 Å². The van der Waals surface area contributed by atoms with E-state index < -0.39 is 41.0 Å². The third-order valence-electron chi connectivity index (χ3n) is 2.67. The molecule has 0 aromatic carbocycles. The normalized spacial score (nSPS) is 11.1. The molecule has 0 atom stereocenters. The van der Waals surface area contributed by atoms with Crippen LogP contribution in [0.25, 0.3) is 0 Å². The lowest BCUT2D eigenvalue weighted by Crippen LogP contribution is -2.25. The molecule has 9 heteroatoms. The molecule has 1 heterocycles. The highest BCUT2D eigenvalue weighted by Crippen LogP contribution is 2.28. The van der Waals surface area contributed by atoms with Crippen molar-refractivity contribution >= 4 is 17.6 Å². The van der Waals surface area contributed by atoms with Crippen LogP contribution < -0.4 is 10.9 Å². The molecule has 0 unspecified atom stereocenters. The SMILES string of the molecule is CCCOC(=O)CC(=O)c1cc(C(F)(F)F)c(=O)[nH]c1NC. The van der Waals surface area contributed by atoms with Gasteiger partial charge in [-0.2, -0.15) is 13.2 Å². The number of aromatic amines is 1. The zero-order valence-corrected chi connectivity index (χ0v) is 12.0. The highest BCUT2D eigenvalue weighted by molar-refractivity contribution is 6.08. The van der Waals surface area contributed by atoms with Gasteiger partial charge in [0.2, 0.25) is 0 Å². The average molecular weight is 320 g/mol. The number of nitrogens with one attached hydrogen (secondary N) is 2. The van der Waals surface area contributed by atoms with E-state index in [1.165, 1.54) is 7.05 Å². The number of Topliss-reactive ketones (excluding diaryl/α,β-unsaturated/α-hetero) is 1. The van der Waals surface area contributed by atoms with Gasteiger partial charge in [0.05, 0.1) is 12.2 Å². The maximum Gasteiger partial charge on any atom is 0.421 e. The minimum atomic E-state index is -4.91. The Hall–Kier alpha value is -2.32. The van der Waals surface area contributed by atoms with Crippen molar-refractivity contribution in [3.8, 4) is 0 Å². The summed E-state index contributed by atoms with van der Waals surface area (Å²) in [5, 5.41) is 2.42. The summed E-state index contributed by atoms with van der Waals surface area (Å²) in [6, 6.07) is 0.431. The predicted octanol–water partition coefficient (Wildman–Crippen LogP) is 1.96. The summed E-state index contributed by atoms with van der Waals surface area (Å²) in [6.45, 7) is 1.87. The second-order valence-corrected chi connectivity index (χ2v) is 4.37. The quantitative estimate of drug-likeness (QED) is 0.475. The van der Waals surface area contributed by atoms with E-state index in [0.29, 0.717) is 12.5 Å². The first-order valence-corrected chi connectivity index (χ1v) is 6.41. The van der Waals surface area contributed by atoms with Crippen LogP contribution in [-0.2, 0) is 15.7 Å². The Labute approximate surface area is 123 Å². The van der Waals surface area contributed by atoms with Gasteiger partial charge in [-0.25, -0.2) is 0 Å². The first kappa shape index (κ1) is 17.7. The summed E-state index contributed by atoms with van der Waals surface area (Å²) in [6.07, 6.45) is -5.06. The number of aromatic nitrogens is 1. The molecular weight excluding hydrogens is 305 g/mol. The van der Waals surface area contributed by atoms with Gasteiger partial charge in [0.1, 0.15) is 17.8 Å². The number of pyridine rings is 1. The fourth-order valence-corrected chi connectivity index (χ4v) is 1.65. The summed E-state index contributed by atoms with van der Waals surface area (Å²) in [5.41, 5.74) is -3.30. The molecule has 0 bridgehead atoms. The molecule has 122 valence electrons. The van der Waals surface area contributed by atoms with Crippen LogP contribution in [-0.4, -0.2) is 30.4 Å². The highest BCUT2D eigenvalue weighted by atomic mass is 19.4. The molecule has 1 rings (SSSR count). The lowest BCUT2D eigenvalue weighted by Gasteiger charge is -2.12. The minimum Gasteiger partial charge on any atom is -0.465 e. The third kappa shape index (κ3) is 4.34. The van der Waals surface area contributed by atoms with Crippen molar-refractivity contribution in [2.45, 2.75) is 25.9 Å². The standard InChI is InChI=1S/C13H15F3N2O4/c1-3-4-22-10(20)6-9(19)7-5-8(13(14,15)16)12(21)18-11(7)17-2/h5H,3-4,6H2,1-2H3,(H2,17,18,21). The van der Waals surface area contributed by atoms with Crippen molar-refractivity contribution in [3.05, 3.63) is 27.5 Å². The number of H-pyrrole nitrogens is 1. The second-order valence-electron chi connectivity index (χ2n) is 4.37. The van der Waals surface area contributed by atoms with Gasteiger partial charge in [0, 0.05) is 7.05 Å². The predicted molar refractivity (Wildman–Crippen MR) is 71.8 cm³/mol. The van der Waals surface area contributed by atoms with E-state index in [1.807, 2.05) is 4.98 Å². The van der Waals surface area contributed by atoms with E-state index in [4.69, 9.17) is 4.74 Å². The number of esters is 1. The largest absolute Gasteiger partial charge is 0.465 e. The molecule has 0 spiro atoms. The van der Waals surface area contributed by atoms with E-state index in [9.17, 15) is 27.6 Å². The molecule has 2 N–H and O–H groups in total. The molecule has 0 saturated heterocycles. The molecule has 0 aliphatic heterocycles. The number of anilines is 1. The van der Waals surface area contributed by atoms with Crippen LogP contribution in [0.4, 0.5) is 19.0 Å². The Bertz CT molecular complexity index is 623. The molecule has 0 aliphatic rings. The van der Waals surface area contributed by atoms with Crippen molar-refractivity contribution < 1.29 is 27.5 Å². The van der Waals surface area contributed by atoms with Crippen molar-refractivity contribution in [2.75, 3.05) is 19.0 Å². The smallest absolute Gasteiger partial charge is 0.421 e. The average Bonchev–Trinajstić information content (AvgIpc) is 2.43. The van der Waals surface area contributed by atoms with Crippen LogP contribution in [0, 0.1) is 0 Å². The zero-order valence-electron chi connectivity index (χ0n) is 12.0. The number of rotatable bonds is 6.